The number of aromatic nitrogens is 4. The second-order valence-corrected chi connectivity index (χ2v) is 11.7. The highest BCUT2D eigenvalue weighted by Crippen LogP contribution is 2.43. The van der Waals surface area contributed by atoms with Gasteiger partial charge >= 0.3 is 5.97 Å². The largest absolute Gasteiger partial charge is 0.465 e. The number of para-hydroxylation sites is 1. The molecule has 0 saturated carbocycles. The van der Waals surface area contributed by atoms with E-state index in [1.54, 1.807) is 22.8 Å². The van der Waals surface area contributed by atoms with Crippen molar-refractivity contribution in [1.82, 2.24) is 19.2 Å². The minimum atomic E-state index is -0.296. The van der Waals surface area contributed by atoms with Crippen LogP contribution in [0.5, 0.6) is 0 Å². The number of benzene rings is 1. The van der Waals surface area contributed by atoms with E-state index in [-0.39, 0.29) is 22.7 Å². The van der Waals surface area contributed by atoms with E-state index in [4.69, 9.17) is 4.74 Å². The zero-order valence-corrected chi connectivity index (χ0v) is 21.5. The van der Waals surface area contributed by atoms with Gasteiger partial charge in [0.25, 0.3) is 5.56 Å². The zero-order valence-electron chi connectivity index (χ0n) is 19.8. The number of esters is 1. The summed E-state index contributed by atoms with van der Waals surface area (Å²) in [5.74, 6) is 0.868. The van der Waals surface area contributed by atoms with Gasteiger partial charge in [0, 0.05) is 4.88 Å². The Morgan fingerprint density at radius 1 is 1.24 bits per heavy atom. The van der Waals surface area contributed by atoms with Gasteiger partial charge < -0.3 is 4.74 Å². The maximum absolute atomic E-state index is 13.9. The van der Waals surface area contributed by atoms with Gasteiger partial charge in [-0.25, -0.2) is 8.97 Å². The van der Waals surface area contributed by atoms with E-state index < -0.39 is 0 Å². The molecule has 0 unspecified atom stereocenters. The zero-order chi connectivity index (χ0) is 24.0. The number of nitrogens with zero attached hydrogens (tertiary/aromatic N) is 4. The van der Waals surface area contributed by atoms with Gasteiger partial charge in [0.15, 0.2) is 5.16 Å². The van der Waals surface area contributed by atoms with E-state index in [1.807, 2.05) is 34.7 Å². The molecule has 0 bridgehead atoms. The summed E-state index contributed by atoms with van der Waals surface area (Å²) in [5, 5.41) is 10.1. The van der Waals surface area contributed by atoms with Gasteiger partial charge in [-0.3, -0.25) is 9.59 Å². The number of aryl methyl sites for hydroxylation is 1. The van der Waals surface area contributed by atoms with Crippen LogP contribution in [0, 0.1) is 11.3 Å². The average Bonchev–Trinajstić information content (AvgIpc) is 3.39. The first-order valence-electron chi connectivity index (χ1n) is 11.6. The quantitative estimate of drug-likeness (QED) is 0.289. The van der Waals surface area contributed by atoms with E-state index in [2.05, 4.69) is 31.0 Å². The van der Waals surface area contributed by atoms with Crippen LogP contribution in [0.25, 0.3) is 21.7 Å². The number of hydrogen-bond acceptors (Lipinski definition) is 7. The Morgan fingerprint density at radius 2 is 2.00 bits per heavy atom. The third-order valence-electron chi connectivity index (χ3n) is 6.55. The lowest BCUT2D eigenvalue weighted by Crippen LogP contribution is -2.27. The molecule has 0 N–H and O–H groups in total. The van der Waals surface area contributed by atoms with Crippen molar-refractivity contribution in [2.24, 2.45) is 11.3 Å². The molecular formula is C25H28N4O3S2. The topological polar surface area (TPSA) is 78.5 Å². The first-order chi connectivity index (χ1) is 16.3. The van der Waals surface area contributed by atoms with Crippen molar-refractivity contribution in [2.45, 2.75) is 52.1 Å². The summed E-state index contributed by atoms with van der Waals surface area (Å²) in [6, 6.07) is 9.55. The molecule has 3 heterocycles. The predicted octanol–water partition coefficient (Wildman–Crippen LogP) is 4.90. The number of carbonyl (C=O) groups is 1. The maximum Gasteiger partial charge on any atom is 0.316 e. The summed E-state index contributed by atoms with van der Waals surface area (Å²) in [6.07, 6.45) is 2.93. The number of carbonyl (C=O) groups excluding carboxylic acids is 1. The van der Waals surface area contributed by atoms with Crippen LogP contribution in [-0.4, -0.2) is 37.5 Å². The average molecular weight is 497 g/mol. The fourth-order valence-electron chi connectivity index (χ4n) is 4.71. The number of hydrogen-bond donors (Lipinski definition) is 0. The fourth-order valence-corrected chi connectivity index (χ4v) is 6.91. The molecule has 1 aliphatic rings. The molecule has 34 heavy (non-hydrogen) atoms. The van der Waals surface area contributed by atoms with Gasteiger partial charge in [0.1, 0.15) is 4.83 Å². The predicted molar refractivity (Wildman–Crippen MR) is 136 cm³/mol. The molecule has 5 rings (SSSR count). The number of fused-ring (bicyclic) bond motifs is 5. The molecule has 3 aromatic heterocycles. The number of ether oxygens (including phenoxy) is 1. The normalized spacial score (nSPS) is 16.2. The second kappa shape index (κ2) is 8.85. The number of rotatable bonds is 5. The summed E-state index contributed by atoms with van der Waals surface area (Å²) in [7, 11) is 0. The molecular weight excluding hydrogens is 468 g/mol. The molecule has 9 heteroatoms. The SMILES string of the molecule is CCOC(=O)CSc1nnc2n(-c3ccccc3)c(=O)c3c4c(sc3n12)C[C@@H](C(C)(C)C)CC4. The molecule has 0 amide bonds. The lowest BCUT2D eigenvalue weighted by atomic mass is 9.72. The van der Waals surface area contributed by atoms with Crippen molar-refractivity contribution in [3.63, 3.8) is 0 Å². The second-order valence-electron chi connectivity index (χ2n) is 9.68. The maximum atomic E-state index is 13.9. The Bertz CT molecular complexity index is 1430. The molecule has 7 nitrogen and oxygen atoms in total. The molecule has 0 aliphatic heterocycles. The minimum absolute atomic E-state index is 0.0604. The summed E-state index contributed by atoms with van der Waals surface area (Å²) < 4.78 is 8.68. The summed E-state index contributed by atoms with van der Waals surface area (Å²) in [6.45, 7) is 9.00. The fraction of sp³-hybridized carbons (Fsp3) is 0.440. The van der Waals surface area contributed by atoms with Gasteiger partial charge in [-0.05, 0) is 55.2 Å². The Kier molecular flexibility index (Phi) is 6.02. The molecule has 1 aliphatic carbocycles. The Morgan fingerprint density at radius 3 is 2.71 bits per heavy atom. The number of thioether (sulfide) groups is 1. The van der Waals surface area contributed by atoms with Crippen molar-refractivity contribution < 1.29 is 9.53 Å². The van der Waals surface area contributed by atoms with Gasteiger partial charge in [0.05, 0.1) is 23.4 Å². The third-order valence-corrected chi connectivity index (χ3v) is 8.69. The van der Waals surface area contributed by atoms with E-state index in [0.717, 1.165) is 40.7 Å². The highest BCUT2D eigenvalue weighted by molar-refractivity contribution is 7.99. The molecule has 0 spiro atoms. The van der Waals surface area contributed by atoms with Crippen molar-refractivity contribution in [2.75, 3.05) is 12.4 Å². The smallest absolute Gasteiger partial charge is 0.316 e. The van der Waals surface area contributed by atoms with Crippen molar-refractivity contribution in [3.8, 4) is 5.69 Å². The molecule has 0 radical (unpaired) electrons. The minimum Gasteiger partial charge on any atom is -0.465 e. The Hall–Kier alpha value is -2.65. The molecule has 4 aromatic rings. The highest BCUT2D eigenvalue weighted by atomic mass is 32.2. The molecule has 1 aromatic carbocycles. The lowest BCUT2D eigenvalue weighted by molar-refractivity contribution is -0.139. The van der Waals surface area contributed by atoms with Crippen LogP contribution in [0.1, 0.15) is 44.6 Å². The summed E-state index contributed by atoms with van der Waals surface area (Å²) in [5.41, 5.74) is 2.06. The Balaban J connectivity index is 1.74. The van der Waals surface area contributed by atoms with Crippen LogP contribution in [0.2, 0.25) is 0 Å². The van der Waals surface area contributed by atoms with E-state index in [0.29, 0.717) is 23.5 Å². The van der Waals surface area contributed by atoms with Gasteiger partial charge in [-0.15, -0.1) is 21.5 Å². The van der Waals surface area contributed by atoms with Crippen molar-refractivity contribution in [3.05, 3.63) is 51.1 Å². The first kappa shape index (κ1) is 23.1. The first-order valence-corrected chi connectivity index (χ1v) is 13.4. The monoisotopic (exact) mass is 496 g/mol. The van der Waals surface area contributed by atoms with Crippen LogP contribution in [-0.2, 0) is 22.4 Å². The molecule has 0 fully saturated rings. The molecule has 1 atom stereocenters. The molecule has 178 valence electrons. The molecule has 0 saturated heterocycles. The van der Waals surface area contributed by atoms with Crippen LogP contribution >= 0.6 is 23.1 Å². The lowest BCUT2D eigenvalue weighted by Gasteiger charge is -2.33. The van der Waals surface area contributed by atoms with Crippen molar-refractivity contribution >= 4 is 45.1 Å². The highest BCUT2D eigenvalue weighted by Gasteiger charge is 2.33. The third kappa shape index (κ3) is 3.94. The van der Waals surface area contributed by atoms with Gasteiger partial charge in [-0.1, -0.05) is 50.7 Å². The Labute approximate surface area is 206 Å². The van der Waals surface area contributed by atoms with Gasteiger partial charge in [-0.2, -0.15) is 0 Å². The van der Waals surface area contributed by atoms with Crippen LogP contribution in [0.3, 0.4) is 0 Å². The summed E-state index contributed by atoms with van der Waals surface area (Å²) in [4.78, 5) is 28.1. The van der Waals surface area contributed by atoms with Crippen LogP contribution in [0.4, 0.5) is 0 Å². The number of thiophene rings is 1. The van der Waals surface area contributed by atoms with E-state index in [9.17, 15) is 9.59 Å². The van der Waals surface area contributed by atoms with Crippen LogP contribution in [0.15, 0.2) is 40.3 Å². The summed E-state index contributed by atoms with van der Waals surface area (Å²) >= 11 is 2.96. The van der Waals surface area contributed by atoms with Crippen molar-refractivity contribution in [1.29, 1.82) is 0 Å². The van der Waals surface area contributed by atoms with E-state index in [1.165, 1.54) is 16.6 Å². The van der Waals surface area contributed by atoms with Crippen LogP contribution < -0.4 is 5.56 Å². The van der Waals surface area contributed by atoms with E-state index >= 15 is 0 Å². The van der Waals surface area contributed by atoms with Gasteiger partial charge in [0.2, 0.25) is 5.78 Å². The standard InChI is InChI=1S/C25H28N4O3S2/c1-5-32-19(30)14-33-24-27-26-23-28(16-9-7-6-8-10-16)21(31)20-17-12-11-15(25(2,3)4)13-18(17)34-22(20)29(23)24/h6-10,15H,5,11-14H2,1-4H3/t15-/m0/s1.